The van der Waals surface area contributed by atoms with E-state index in [2.05, 4.69) is 17.1 Å². The summed E-state index contributed by atoms with van der Waals surface area (Å²) in [6, 6.07) is 0. The van der Waals surface area contributed by atoms with Crippen LogP contribution in [0.15, 0.2) is 0 Å². The highest BCUT2D eigenvalue weighted by Crippen LogP contribution is 2.29. The smallest absolute Gasteiger partial charge is 0.214 e. The van der Waals surface area contributed by atoms with E-state index < -0.39 is 34.8 Å². The van der Waals surface area contributed by atoms with E-state index in [-0.39, 0.29) is 0 Å². The molecule has 0 amide bonds. The van der Waals surface area contributed by atoms with Crippen molar-refractivity contribution < 1.29 is 26.1 Å². The summed E-state index contributed by atoms with van der Waals surface area (Å²) in [6.07, 6.45) is 0. The average molecular weight is 216 g/mol. The molecule has 0 aliphatic rings. The van der Waals surface area contributed by atoms with E-state index in [4.69, 9.17) is 0 Å². The lowest BCUT2D eigenvalue weighted by Crippen LogP contribution is -2.02. The number of benzene rings is 1. The van der Waals surface area contributed by atoms with Gasteiger partial charge >= 0.3 is 0 Å². The molecule has 1 aromatic carbocycles. The summed E-state index contributed by atoms with van der Waals surface area (Å²) in [5.74, 6) is -11.9. The Balaban J connectivity index is 3.56. The van der Waals surface area contributed by atoms with Crippen molar-refractivity contribution >= 4 is 12.9 Å². The van der Waals surface area contributed by atoms with Gasteiger partial charge in [0.05, 0.1) is 0 Å². The molecule has 0 spiro atoms. The third-order valence-corrected chi connectivity index (χ3v) is 1.44. The molecule has 1 aromatic rings. The molecule has 0 atom stereocenters. The molecule has 0 radical (unpaired) electrons. The van der Waals surface area contributed by atoms with E-state index in [1.807, 2.05) is 0 Å². The summed E-state index contributed by atoms with van der Waals surface area (Å²) >= 11 is 2.94. The van der Waals surface area contributed by atoms with Crippen LogP contribution in [0.4, 0.5) is 22.0 Å². The molecule has 0 bridgehead atoms. The van der Waals surface area contributed by atoms with Gasteiger partial charge in [0.2, 0.25) is 34.8 Å². The molecule has 0 saturated heterocycles. The highest BCUT2D eigenvalue weighted by atomic mass is 32.1. The van der Waals surface area contributed by atoms with Crippen LogP contribution in [0.25, 0.3) is 0 Å². The predicted molar refractivity (Wildman–Crippen MR) is 35.8 cm³/mol. The van der Waals surface area contributed by atoms with Crippen LogP contribution in [0.5, 0.6) is 5.75 Å². The molecule has 0 N–H and O–H groups in total. The minimum atomic E-state index is -2.23. The van der Waals surface area contributed by atoms with Crippen LogP contribution in [0, 0.1) is 29.1 Å². The Morgan fingerprint density at radius 3 is 1.31 bits per heavy atom. The lowest BCUT2D eigenvalue weighted by molar-refractivity contribution is 0.356. The van der Waals surface area contributed by atoms with Gasteiger partial charge in [0.15, 0.2) is 0 Å². The van der Waals surface area contributed by atoms with Crippen LogP contribution < -0.4 is 4.18 Å². The summed E-state index contributed by atoms with van der Waals surface area (Å²) in [6.45, 7) is 0. The zero-order chi connectivity index (χ0) is 10.2. The molecule has 0 heterocycles. The molecule has 1 rings (SSSR count). The van der Waals surface area contributed by atoms with Crippen LogP contribution >= 0.6 is 12.9 Å². The van der Waals surface area contributed by atoms with Crippen molar-refractivity contribution in [2.75, 3.05) is 0 Å². The van der Waals surface area contributed by atoms with Gasteiger partial charge in [-0.05, 0) is 0 Å². The van der Waals surface area contributed by atoms with E-state index in [0.717, 1.165) is 0 Å². The third-order valence-electron chi connectivity index (χ3n) is 1.26. The largest absolute Gasteiger partial charge is 0.422 e. The Kier molecular flexibility index (Phi) is 2.65. The van der Waals surface area contributed by atoms with E-state index in [0.29, 0.717) is 0 Å². The monoisotopic (exact) mass is 216 g/mol. The van der Waals surface area contributed by atoms with Gasteiger partial charge in [-0.25, -0.2) is 13.2 Å². The summed E-state index contributed by atoms with van der Waals surface area (Å²) in [7, 11) is 0. The molecule has 0 aliphatic heterocycles. The second kappa shape index (κ2) is 3.41. The van der Waals surface area contributed by atoms with Gasteiger partial charge in [-0.3, -0.25) is 0 Å². The van der Waals surface area contributed by atoms with Gasteiger partial charge < -0.3 is 4.18 Å². The fraction of sp³-hybridized carbons (Fsp3) is 0. The zero-order valence-electron chi connectivity index (χ0n) is 5.75. The number of hydrogen-bond donors (Lipinski definition) is 1. The maximum Gasteiger partial charge on any atom is 0.214 e. The first kappa shape index (κ1) is 10.1. The molecular formula is C6HF5OS. The van der Waals surface area contributed by atoms with Gasteiger partial charge in [-0.15, -0.1) is 0 Å². The summed E-state index contributed by atoms with van der Waals surface area (Å²) in [5, 5.41) is 0. The number of rotatable bonds is 1. The molecular weight excluding hydrogens is 215 g/mol. The first-order valence-electron chi connectivity index (χ1n) is 2.83. The quantitative estimate of drug-likeness (QED) is 0.249. The Bertz CT molecular complexity index is 324. The zero-order valence-corrected chi connectivity index (χ0v) is 6.64. The van der Waals surface area contributed by atoms with Gasteiger partial charge in [0.25, 0.3) is 0 Å². The Morgan fingerprint density at radius 2 is 1.00 bits per heavy atom. The molecule has 0 fully saturated rings. The molecule has 0 aliphatic carbocycles. The minimum Gasteiger partial charge on any atom is -0.422 e. The predicted octanol–water partition coefficient (Wildman–Crippen LogP) is 2.61. The van der Waals surface area contributed by atoms with E-state index in [1.165, 1.54) is 0 Å². The van der Waals surface area contributed by atoms with Crippen molar-refractivity contribution in [2.45, 2.75) is 0 Å². The maximum atomic E-state index is 12.5. The maximum absolute atomic E-state index is 12.5. The second-order valence-electron chi connectivity index (χ2n) is 1.99. The molecule has 72 valence electrons. The van der Waals surface area contributed by atoms with Crippen LogP contribution in [0.1, 0.15) is 0 Å². The van der Waals surface area contributed by atoms with Gasteiger partial charge in [0, 0.05) is 12.9 Å². The van der Waals surface area contributed by atoms with Crippen molar-refractivity contribution in [3.05, 3.63) is 29.1 Å². The van der Waals surface area contributed by atoms with Crippen molar-refractivity contribution in [3.8, 4) is 5.75 Å². The fourth-order valence-electron chi connectivity index (χ4n) is 0.665. The van der Waals surface area contributed by atoms with E-state index >= 15 is 0 Å². The fourth-order valence-corrected chi connectivity index (χ4v) is 0.825. The molecule has 0 unspecified atom stereocenters. The summed E-state index contributed by atoms with van der Waals surface area (Å²) in [4.78, 5) is 0. The van der Waals surface area contributed by atoms with Crippen LogP contribution in [0.3, 0.4) is 0 Å². The van der Waals surface area contributed by atoms with Crippen LogP contribution in [-0.2, 0) is 0 Å². The Hall–Kier alpha value is -0.980. The first-order valence-corrected chi connectivity index (χ1v) is 3.20. The average Bonchev–Trinajstić information content (AvgIpc) is 2.13. The van der Waals surface area contributed by atoms with Crippen molar-refractivity contribution in [1.82, 2.24) is 0 Å². The van der Waals surface area contributed by atoms with Gasteiger partial charge in [-0.1, -0.05) is 0 Å². The van der Waals surface area contributed by atoms with E-state index in [9.17, 15) is 22.0 Å². The number of halogens is 5. The lowest BCUT2D eigenvalue weighted by Gasteiger charge is -2.04. The van der Waals surface area contributed by atoms with Gasteiger partial charge in [0.1, 0.15) is 0 Å². The summed E-state index contributed by atoms with van der Waals surface area (Å²) < 4.78 is 65.7. The highest BCUT2D eigenvalue weighted by molar-refractivity contribution is 7.75. The SMILES string of the molecule is Fc1c(F)c(F)c(OS)c(F)c1F. The van der Waals surface area contributed by atoms with Crippen molar-refractivity contribution in [2.24, 2.45) is 0 Å². The van der Waals surface area contributed by atoms with Gasteiger partial charge in [-0.2, -0.15) is 8.78 Å². The number of hydrogen-bond acceptors (Lipinski definition) is 2. The third kappa shape index (κ3) is 1.43. The van der Waals surface area contributed by atoms with Crippen molar-refractivity contribution in [3.63, 3.8) is 0 Å². The van der Waals surface area contributed by atoms with Crippen LogP contribution in [0.2, 0.25) is 0 Å². The number of thiol groups is 1. The van der Waals surface area contributed by atoms with Crippen LogP contribution in [-0.4, -0.2) is 0 Å². The Morgan fingerprint density at radius 1 is 0.692 bits per heavy atom. The standard InChI is InChI=1S/C6HF5OS/c7-1-2(8)4(10)6(12-13)5(11)3(1)9/h13H. The minimum absolute atomic E-state index is 1.42. The molecule has 1 nitrogen and oxygen atoms in total. The highest BCUT2D eigenvalue weighted by Gasteiger charge is 2.26. The molecule has 0 aromatic heterocycles. The molecule has 7 heteroatoms. The molecule has 13 heavy (non-hydrogen) atoms. The Labute approximate surface area is 74.7 Å². The van der Waals surface area contributed by atoms with E-state index in [1.54, 1.807) is 0 Å². The topological polar surface area (TPSA) is 9.23 Å². The lowest BCUT2D eigenvalue weighted by atomic mass is 10.3. The summed E-state index contributed by atoms with van der Waals surface area (Å²) in [5.41, 5.74) is 0. The molecule has 0 saturated carbocycles. The second-order valence-corrected chi connectivity index (χ2v) is 2.17. The normalized spacial score (nSPS) is 10.3. The first-order chi connectivity index (χ1) is 6.00. The van der Waals surface area contributed by atoms with Crippen molar-refractivity contribution in [1.29, 1.82) is 0 Å².